The van der Waals surface area contributed by atoms with Gasteiger partial charge in [0.2, 0.25) is 0 Å². The Morgan fingerprint density at radius 1 is 1.32 bits per heavy atom. The molecule has 5 nitrogen and oxygen atoms in total. The average molecular weight is 324 g/mol. The van der Waals surface area contributed by atoms with Crippen LogP contribution in [0.3, 0.4) is 0 Å². The minimum atomic E-state index is -0.00204. The Hall–Kier alpha value is -1.24. The van der Waals surface area contributed by atoms with E-state index in [2.05, 4.69) is 25.8 Å². The molecule has 1 saturated heterocycles. The lowest BCUT2D eigenvalue weighted by Gasteiger charge is -2.26. The number of morpholine rings is 1. The molecular formula is C13H14BrN3O2. The number of ether oxygens (including phenoxy) is 1. The van der Waals surface area contributed by atoms with Crippen LogP contribution in [0, 0.1) is 0 Å². The zero-order valence-electron chi connectivity index (χ0n) is 10.4. The molecule has 2 aromatic rings. The number of aromatic nitrogens is 2. The molecule has 0 saturated carbocycles. The lowest BCUT2D eigenvalue weighted by molar-refractivity contribution is 0.0339. The molecule has 2 aromatic heterocycles. The Balaban J connectivity index is 1.95. The predicted molar refractivity (Wildman–Crippen MR) is 75.3 cm³/mol. The van der Waals surface area contributed by atoms with E-state index in [0.717, 1.165) is 36.3 Å². The fraction of sp³-hybridized carbons (Fsp3) is 0.385. The molecule has 6 heteroatoms. The van der Waals surface area contributed by atoms with Crippen molar-refractivity contribution in [3.05, 3.63) is 44.9 Å². The molecule has 3 heterocycles. The van der Waals surface area contributed by atoms with E-state index in [-0.39, 0.29) is 5.56 Å². The highest BCUT2D eigenvalue weighted by molar-refractivity contribution is 9.10. The van der Waals surface area contributed by atoms with E-state index in [1.165, 1.54) is 0 Å². The van der Waals surface area contributed by atoms with Gasteiger partial charge in [0.25, 0.3) is 5.56 Å². The summed E-state index contributed by atoms with van der Waals surface area (Å²) < 4.78 is 7.76. The first-order valence-corrected chi connectivity index (χ1v) is 6.99. The van der Waals surface area contributed by atoms with E-state index >= 15 is 0 Å². The summed E-state index contributed by atoms with van der Waals surface area (Å²) in [6, 6.07) is 3.70. The largest absolute Gasteiger partial charge is 0.379 e. The summed E-state index contributed by atoms with van der Waals surface area (Å²) in [5.41, 5.74) is 1.38. The second kappa shape index (κ2) is 5.40. The van der Waals surface area contributed by atoms with Crippen LogP contribution in [0.15, 0.2) is 33.8 Å². The Labute approximate surface area is 119 Å². The van der Waals surface area contributed by atoms with Crippen LogP contribution in [0.5, 0.6) is 0 Å². The van der Waals surface area contributed by atoms with Gasteiger partial charge in [-0.1, -0.05) is 0 Å². The van der Waals surface area contributed by atoms with Crippen LogP contribution in [0.2, 0.25) is 0 Å². The molecule has 0 unspecified atom stereocenters. The molecule has 1 aliphatic rings. The quantitative estimate of drug-likeness (QED) is 0.835. The van der Waals surface area contributed by atoms with E-state index in [0.29, 0.717) is 12.2 Å². The molecule has 0 aromatic carbocycles. The number of fused-ring (bicyclic) bond motifs is 1. The SMILES string of the molecule is O=c1c(CN2CCOCC2)cnc2ccc(Br)cn12. The average Bonchev–Trinajstić information content (AvgIpc) is 2.44. The van der Waals surface area contributed by atoms with Gasteiger partial charge < -0.3 is 4.74 Å². The number of rotatable bonds is 2. The van der Waals surface area contributed by atoms with Gasteiger partial charge in [-0.2, -0.15) is 0 Å². The number of pyridine rings is 1. The second-order valence-electron chi connectivity index (χ2n) is 4.55. The molecule has 0 N–H and O–H groups in total. The van der Waals surface area contributed by atoms with E-state index in [1.807, 2.05) is 12.1 Å². The minimum Gasteiger partial charge on any atom is -0.379 e. The molecule has 0 amide bonds. The topological polar surface area (TPSA) is 46.8 Å². The van der Waals surface area contributed by atoms with Crippen LogP contribution >= 0.6 is 15.9 Å². The van der Waals surface area contributed by atoms with Crippen LogP contribution in [-0.2, 0) is 11.3 Å². The third-order valence-corrected chi connectivity index (χ3v) is 3.70. The standard InChI is InChI=1S/C13H14BrN3O2/c14-11-1-2-12-15-7-10(13(18)17(12)9-11)8-16-3-5-19-6-4-16/h1-2,7,9H,3-6,8H2. The highest BCUT2D eigenvalue weighted by Gasteiger charge is 2.13. The van der Waals surface area contributed by atoms with Gasteiger partial charge in [-0.3, -0.25) is 14.1 Å². The van der Waals surface area contributed by atoms with E-state index < -0.39 is 0 Å². The third-order valence-electron chi connectivity index (χ3n) is 3.23. The van der Waals surface area contributed by atoms with Crippen molar-refractivity contribution in [1.29, 1.82) is 0 Å². The van der Waals surface area contributed by atoms with Crippen molar-refractivity contribution in [2.45, 2.75) is 6.54 Å². The molecule has 0 spiro atoms. The lowest BCUT2D eigenvalue weighted by atomic mass is 10.3. The van der Waals surface area contributed by atoms with Gasteiger partial charge in [-0.05, 0) is 28.1 Å². The first-order valence-electron chi connectivity index (χ1n) is 6.20. The molecular weight excluding hydrogens is 310 g/mol. The summed E-state index contributed by atoms with van der Waals surface area (Å²) in [5, 5.41) is 0. The molecule has 0 bridgehead atoms. The van der Waals surface area contributed by atoms with Gasteiger partial charge in [-0.25, -0.2) is 4.98 Å². The zero-order valence-corrected chi connectivity index (χ0v) is 12.0. The number of halogens is 1. The summed E-state index contributed by atoms with van der Waals surface area (Å²) >= 11 is 3.38. The number of nitrogens with zero attached hydrogens (tertiary/aromatic N) is 3. The van der Waals surface area contributed by atoms with Crippen molar-refractivity contribution < 1.29 is 4.74 Å². The van der Waals surface area contributed by atoms with Gasteiger partial charge in [0.15, 0.2) is 0 Å². The Bertz CT molecular complexity index is 650. The van der Waals surface area contributed by atoms with Crippen LogP contribution in [0.1, 0.15) is 5.56 Å². The minimum absolute atomic E-state index is 0.00204. The molecule has 19 heavy (non-hydrogen) atoms. The van der Waals surface area contributed by atoms with Gasteiger partial charge in [0.1, 0.15) is 5.65 Å². The van der Waals surface area contributed by atoms with Gasteiger partial charge in [0.05, 0.1) is 18.8 Å². The number of hydrogen-bond donors (Lipinski definition) is 0. The molecule has 100 valence electrons. The van der Waals surface area contributed by atoms with Gasteiger partial charge >= 0.3 is 0 Å². The van der Waals surface area contributed by atoms with Crippen molar-refractivity contribution in [1.82, 2.24) is 14.3 Å². The van der Waals surface area contributed by atoms with Crippen molar-refractivity contribution in [3.63, 3.8) is 0 Å². The Morgan fingerprint density at radius 2 is 2.11 bits per heavy atom. The van der Waals surface area contributed by atoms with Gasteiger partial charge in [-0.15, -0.1) is 0 Å². The van der Waals surface area contributed by atoms with E-state index in [1.54, 1.807) is 16.8 Å². The van der Waals surface area contributed by atoms with E-state index in [9.17, 15) is 4.79 Å². The molecule has 1 fully saturated rings. The monoisotopic (exact) mass is 323 g/mol. The number of hydrogen-bond acceptors (Lipinski definition) is 4. The maximum absolute atomic E-state index is 12.4. The lowest BCUT2D eigenvalue weighted by Crippen LogP contribution is -2.37. The summed E-state index contributed by atoms with van der Waals surface area (Å²) in [6.07, 6.45) is 3.44. The molecule has 1 aliphatic heterocycles. The van der Waals surface area contributed by atoms with Crippen molar-refractivity contribution in [3.8, 4) is 0 Å². The van der Waals surface area contributed by atoms with E-state index in [4.69, 9.17) is 4.74 Å². The predicted octanol–water partition coefficient (Wildman–Crippen LogP) is 1.29. The van der Waals surface area contributed by atoms with Crippen LogP contribution in [-0.4, -0.2) is 40.6 Å². The van der Waals surface area contributed by atoms with Gasteiger partial charge in [0, 0.05) is 36.5 Å². The smallest absolute Gasteiger partial charge is 0.262 e. The normalized spacial score (nSPS) is 16.9. The summed E-state index contributed by atoms with van der Waals surface area (Å²) in [6.45, 7) is 3.81. The fourth-order valence-corrected chi connectivity index (χ4v) is 2.53. The van der Waals surface area contributed by atoms with Crippen LogP contribution in [0.25, 0.3) is 5.65 Å². The van der Waals surface area contributed by atoms with Crippen LogP contribution in [0.4, 0.5) is 0 Å². The van der Waals surface area contributed by atoms with Crippen molar-refractivity contribution in [2.75, 3.05) is 26.3 Å². The van der Waals surface area contributed by atoms with Crippen molar-refractivity contribution >= 4 is 21.6 Å². The first kappa shape index (κ1) is 12.8. The molecule has 0 atom stereocenters. The summed E-state index contributed by atoms with van der Waals surface area (Å²) in [4.78, 5) is 18.9. The summed E-state index contributed by atoms with van der Waals surface area (Å²) in [5.74, 6) is 0. The zero-order chi connectivity index (χ0) is 13.2. The van der Waals surface area contributed by atoms with Crippen molar-refractivity contribution in [2.24, 2.45) is 0 Å². The Kier molecular flexibility index (Phi) is 3.63. The molecule has 0 aliphatic carbocycles. The highest BCUT2D eigenvalue weighted by atomic mass is 79.9. The third kappa shape index (κ3) is 2.70. The molecule has 0 radical (unpaired) electrons. The fourth-order valence-electron chi connectivity index (χ4n) is 2.20. The van der Waals surface area contributed by atoms with Crippen LogP contribution < -0.4 is 5.56 Å². The Morgan fingerprint density at radius 3 is 2.89 bits per heavy atom. The first-order chi connectivity index (χ1) is 9.24. The maximum Gasteiger partial charge on any atom is 0.262 e. The second-order valence-corrected chi connectivity index (χ2v) is 5.47. The highest BCUT2D eigenvalue weighted by Crippen LogP contribution is 2.10. The summed E-state index contributed by atoms with van der Waals surface area (Å²) in [7, 11) is 0. The maximum atomic E-state index is 12.4. The molecule has 3 rings (SSSR count).